The predicted molar refractivity (Wildman–Crippen MR) is 111 cm³/mol. The minimum Gasteiger partial charge on any atom is -0.493 e. The molecule has 6 nitrogen and oxygen atoms in total. The summed E-state index contributed by atoms with van der Waals surface area (Å²) < 4.78 is 25.3. The molecule has 1 aliphatic rings. The Hall–Kier alpha value is -2.87. The number of rotatable bonds is 6. The van der Waals surface area contributed by atoms with E-state index in [9.17, 15) is 14.0 Å². The van der Waals surface area contributed by atoms with E-state index in [1.54, 1.807) is 12.1 Å². The Morgan fingerprint density at radius 3 is 2.66 bits per heavy atom. The number of amides is 2. The fourth-order valence-electron chi connectivity index (χ4n) is 2.73. The average Bonchev–Trinajstić information content (AvgIpc) is 2.95. The van der Waals surface area contributed by atoms with E-state index >= 15 is 0 Å². The fraction of sp³-hybridized carbons (Fsp3) is 0.238. The zero-order valence-electron chi connectivity index (χ0n) is 16.2. The van der Waals surface area contributed by atoms with Gasteiger partial charge in [-0.25, -0.2) is 9.40 Å². The third kappa shape index (κ3) is 4.59. The molecule has 0 aliphatic carbocycles. The number of hydrogen-bond acceptors (Lipinski definition) is 4. The van der Waals surface area contributed by atoms with Crippen molar-refractivity contribution >= 4 is 39.5 Å². The maximum absolute atomic E-state index is 13.5. The molecule has 1 N–H and O–H groups in total. The Labute approximate surface area is 176 Å². The van der Waals surface area contributed by atoms with E-state index in [2.05, 4.69) is 21.4 Å². The van der Waals surface area contributed by atoms with Gasteiger partial charge in [-0.1, -0.05) is 19.9 Å². The number of carbonyl (C=O) groups excluding carboxylic acids is 2. The van der Waals surface area contributed by atoms with Gasteiger partial charge >= 0.3 is 0 Å². The van der Waals surface area contributed by atoms with Crippen LogP contribution >= 0.6 is 15.9 Å². The van der Waals surface area contributed by atoms with Crippen LogP contribution in [0.15, 0.2) is 46.4 Å². The summed E-state index contributed by atoms with van der Waals surface area (Å²) >= 11 is 3.45. The molecule has 0 bridgehead atoms. The highest BCUT2D eigenvalue weighted by Gasteiger charge is 2.34. The van der Waals surface area contributed by atoms with Gasteiger partial charge in [0.15, 0.2) is 11.5 Å². The maximum Gasteiger partial charge on any atom is 0.282 e. The summed E-state index contributed by atoms with van der Waals surface area (Å²) in [4.78, 5) is 25.0. The summed E-state index contributed by atoms with van der Waals surface area (Å²) in [6, 6.07) is 8.83. The second kappa shape index (κ2) is 8.65. The van der Waals surface area contributed by atoms with Gasteiger partial charge in [0.25, 0.3) is 11.8 Å². The number of nitrogens with zero attached hydrogens (tertiary/aromatic N) is 1. The molecular weight excluding hydrogens is 443 g/mol. The van der Waals surface area contributed by atoms with Gasteiger partial charge in [0.05, 0.1) is 23.9 Å². The standard InChI is InChI=1S/C21H20BrFN2O4/c1-12(2)11-29-19-17(22)8-13(9-18(19)28-3)7-16-20(26)24-25(21(16)27)15-6-4-5-14(23)10-15/h4-10,12H,11H2,1-3H3,(H,24,26). The lowest BCUT2D eigenvalue weighted by molar-refractivity contribution is -0.117. The zero-order valence-corrected chi connectivity index (χ0v) is 17.7. The minimum absolute atomic E-state index is 0.0703. The Balaban J connectivity index is 1.92. The number of anilines is 1. The van der Waals surface area contributed by atoms with E-state index in [0.717, 1.165) is 5.01 Å². The summed E-state index contributed by atoms with van der Waals surface area (Å²) in [5.74, 6) is -0.299. The van der Waals surface area contributed by atoms with Crippen LogP contribution in [0, 0.1) is 11.7 Å². The number of methoxy groups -OCH3 is 1. The van der Waals surface area contributed by atoms with Gasteiger partial charge in [-0.05, 0) is 63.8 Å². The Bertz CT molecular complexity index is 991. The molecule has 2 aromatic carbocycles. The van der Waals surface area contributed by atoms with Crippen LogP contribution < -0.4 is 19.9 Å². The van der Waals surface area contributed by atoms with Crippen molar-refractivity contribution in [2.24, 2.45) is 5.92 Å². The van der Waals surface area contributed by atoms with Crippen molar-refractivity contribution in [2.75, 3.05) is 18.7 Å². The van der Waals surface area contributed by atoms with Crippen LogP contribution in [-0.4, -0.2) is 25.5 Å². The lowest BCUT2D eigenvalue weighted by Crippen LogP contribution is -2.35. The molecular formula is C21H20BrFN2O4. The molecule has 1 aliphatic heterocycles. The smallest absolute Gasteiger partial charge is 0.282 e. The van der Waals surface area contributed by atoms with Gasteiger partial charge in [-0.2, -0.15) is 0 Å². The van der Waals surface area contributed by atoms with E-state index in [-0.39, 0.29) is 11.3 Å². The fourth-order valence-corrected chi connectivity index (χ4v) is 3.31. The van der Waals surface area contributed by atoms with E-state index in [4.69, 9.17) is 9.47 Å². The van der Waals surface area contributed by atoms with Crippen LogP contribution in [0.3, 0.4) is 0 Å². The lowest BCUT2D eigenvalue weighted by atomic mass is 10.1. The molecule has 29 heavy (non-hydrogen) atoms. The molecule has 0 spiro atoms. The Morgan fingerprint density at radius 1 is 1.24 bits per heavy atom. The molecule has 152 valence electrons. The van der Waals surface area contributed by atoms with Gasteiger partial charge in [0.2, 0.25) is 0 Å². The molecule has 2 amide bonds. The van der Waals surface area contributed by atoms with Gasteiger partial charge in [-0.15, -0.1) is 0 Å². The third-order valence-electron chi connectivity index (χ3n) is 4.08. The molecule has 1 heterocycles. The lowest BCUT2D eigenvalue weighted by Gasteiger charge is -2.15. The van der Waals surface area contributed by atoms with Crippen molar-refractivity contribution < 1.29 is 23.5 Å². The molecule has 8 heteroatoms. The molecule has 1 fully saturated rings. The van der Waals surface area contributed by atoms with Crippen molar-refractivity contribution in [1.82, 2.24) is 5.43 Å². The van der Waals surface area contributed by atoms with E-state index in [0.29, 0.717) is 34.1 Å². The summed E-state index contributed by atoms with van der Waals surface area (Å²) in [7, 11) is 1.51. The number of hydrogen-bond donors (Lipinski definition) is 1. The highest BCUT2D eigenvalue weighted by molar-refractivity contribution is 9.10. The predicted octanol–water partition coefficient (Wildman–Crippen LogP) is 4.09. The van der Waals surface area contributed by atoms with E-state index in [1.807, 2.05) is 13.8 Å². The molecule has 1 saturated heterocycles. The maximum atomic E-state index is 13.5. The number of benzene rings is 2. The normalized spacial score (nSPS) is 15.2. The van der Waals surface area contributed by atoms with Crippen LogP contribution in [0.1, 0.15) is 19.4 Å². The van der Waals surface area contributed by atoms with Crippen LogP contribution in [0.4, 0.5) is 10.1 Å². The summed E-state index contributed by atoms with van der Waals surface area (Å²) in [5.41, 5.74) is 3.19. The van der Waals surface area contributed by atoms with E-state index in [1.165, 1.54) is 37.5 Å². The van der Waals surface area contributed by atoms with Crippen LogP contribution in [0.5, 0.6) is 11.5 Å². The summed E-state index contributed by atoms with van der Waals surface area (Å²) in [5, 5.41) is 1.02. The van der Waals surface area contributed by atoms with Gasteiger partial charge in [-0.3, -0.25) is 15.0 Å². The van der Waals surface area contributed by atoms with Gasteiger partial charge < -0.3 is 9.47 Å². The number of carbonyl (C=O) groups is 2. The molecule has 0 aromatic heterocycles. The van der Waals surface area contributed by atoms with Crippen LogP contribution in [-0.2, 0) is 9.59 Å². The van der Waals surface area contributed by atoms with E-state index < -0.39 is 17.6 Å². The zero-order chi connectivity index (χ0) is 21.1. The highest BCUT2D eigenvalue weighted by Crippen LogP contribution is 2.37. The largest absolute Gasteiger partial charge is 0.493 e. The summed E-state index contributed by atoms with van der Waals surface area (Å²) in [6.45, 7) is 4.58. The molecule has 0 radical (unpaired) electrons. The summed E-state index contributed by atoms with van der Waals surface area (Å²) in [6.07, 6.45) is 1.45. The molecule has 3 rings (SSSR count). The first-order chi connectivity index (χ1) is 13.8. The molecule has 0 saturated carbocycles. The Kier molecular flexibility index (Phi) is 6.22. The van der Waals surface area contributed by atoms with Gasteiger partial charge in [0.1, 0.15) is 11.4 Å². The SMILES string of the molecule is COc1cc(C=C2C(=O)NN(c3cccc(F)c3)C2=O)cc(Br)c1OCC(C)C. The van der Waals surface area contributed by atoms with Gasteiger partial charge in [0, 0.05) is 0 Å². The first-order valence-corrected chi connectivity index (χ1v) is 9.72. The second-order valence-electron chi connectivity index (χ2n) is 6.86. The molecule has 2 aromatic rings. The number of halogens is 2. The Morgan fingerprint density at radius 2 is 2.00 bits per heavy atom. The second-order valence-corrected chi connectivity index (χ2v) is 7.71. The average molecular weight is 463 g/mol. The monoisotopic (exact) mass is 462 g/mol. The third-order valence-corrected chi connectivity index (χ3v) is 4.67. The first kappa shape index (κ1) is 20.9. The number of ether oxygens (including phenoxy) is 2. The van der Waals surface area contributed by atoms with Crippen molar-refractivity contribution in [3.63, 3.8) is 0 Å². The van der Waals surface area contributed by atoms with Crippen molar-refractivity contribution in [3.8, 4) is 11.5 Å². The van der Waals surface area contributed by atoms with Crippen molar-refractivity contribution in [1.29, 1.82) is 0 Å². The van der Waals surface area contributed by atoms with Crippen molar-refractivity contribution in [3.05, 3.63) is 57.8 Å². The topological polar surface area (TPSA) is 67.9 Å². The molecule has 0 atom stereocenters. The highest BCUT2D eigenvalue weighted by atomic mass is 79.9. The quantitative estimate of drug-likeness (QED) is 0.518. The molecule has 0 unspecified atom stereocenters. The number of hydrazine groups is 1. The minimum atomic E-state index is -0.575. The van der Waals surface area contributed by atoms with Crippen molar-refractivity contribution in [2.45, 2.75) is 13.8 Å². The van der Waals surface area contributed by atoms with Crippen LogP contribution in [0.25, 0.3) is 6.08 Å². The first-order valence-electron chi connectivity index (χ1n) is 8.93. The van der Waals surface area contributed by atoms with Crippen LogP contribution in [0.2, 0.25) is 0 Å². The number of nitrogens with one attached hydrogen (secondary N) is 1.